The highest BCUT2D eigenvalue weighted by Crippen LogP contribution is 2.32. The summed E-state index contributed by atoms with van der Waals surface area (Å²) < 4.78 is 15.7. The molecule has 2 aromatic carbocycles. The maximum atomic E-state index is 13.7. The Bertz CT molecular complexity index is 1240. The summed E-state index contributed by atoms with van der Waals surface area (Å²) in [6, 6.07) is 13.1. The summed E-state index contributed by atoms with van der Waals surface area (Å²) in [6.07, 6.45) is 3.92. The van der Waals surface area contributed by atoms with Crippen molar-refractivity contribution >= 4 is 27.9 Å². The molecule has 3 heterocycles. The molecule has 30 heavy (non-hydrogen) atoms. The van der Waals surface area contributed by atoms with Crippen molar-refractivity contribution in [2.75, 3.05) is 4.90 Å². The van der Waals surface area contributed by atoms with E-state index >= 15 is 0 Å². The monoisotopic (exact) mass is 419 g/mol. The number of hydrogen-bond donors (Lipinski definition) is 0. The lowest BCUT2D eigenvalue weighted by atomic mass is 9.96. The SMILES string of the molecule is Cc1ccc(-c2cn3c(CC(=O)N4c5ccc(F)cc5CCC4C)csc3n2)cc1. The summed E-state index contributed by atoms with van der Waals surface area (Å²) in [6.45, 7) is 4.12. The van der Waals surface area contributed by atoms with Gasteiger partial charge < -0.3 is 4.90 Å². The van der Waals surface area contributed by atoms with Crippen LogP contribution in [0.15, 0.2) is 54.0 Å². The first kappa shape index (κ1) is 19.0. The highest BCUT2D eigenvalue weighted by molar-refractivity contribution is 7.15. The number of aryl methyl sites for hydroxylation is 2. The predicted octanol–water partition coefficient (Wildman–Crippen LogP) is 5.42. The van der Waals surface area contributed by atoms with Crippen molar-refractivity contribution in [1.82, 2.24) is 9.38 Å². The number of halogens is 1. The maximum absolute atomic E-state index is 13.7. The Hall–Kier alpha value is -2.99. The molecule has 0 fully saturated rings. The van der Waals surface area contributed by atoms with Crippen LogP contribution in [0.4, 0.5) is 10.1 Å². The van der Waals surface area contributed by atoms with E-state index in [9.17, 15) is 9.18 Å². The van der Waals surface area contributed by atoms with Gasteiger partial charge in [-0.3, -0.25) is 9.20 Å². The molecule has 6 heteroatoms. The topological polar surface area (TPSA) is 37.6 Å². The molecule has 0 saturated heterocycles. The third-order valence-corrected chi connectivity index (χ3v) is 6.69. The van der Waals surface area contributed by atoms with Crippen molar-refractivity contribution in [3.05, 3.63) is 76.7 Å². The molecule has 4 aromatic rings. The van der Waals surface area contributed by atoms with Gasteiger partial charge in [0.15, 0.2) is 4.96 Å². The number of thiazole rings is 1. The fraction of sp³-hybridized carbons (Fsp3) is 0.250. The number of aromatic nitrogens is 2. The van der Waals surface area contributed by atoms with Crippen molar-refractivity contribution in [3.63, 3.8) is 0 Å². The molecular formula is C24H22FN3OS. The number of hydrogen-bond acceptors (Lipinski definition) is 3. The van der Waals surface area contributed by atoms with E-state index in [4.69, 9.17) is 4.98 Å². The minimum Gasteiger partial charge on any atom is -0.309 e. The van der Waals surface area contributed by atoms with E-state index in [1.807, 2.05) is 20.9 Å². The number of carbonyl (C=O) groups is 1. The molecule has 1 amide bonds. The molecule has 2 aromatic heterocycles. The van der Waals surface area contributed by atoms with E-state index in [1.54, 1.807) is 23.5 Å². The van der Waals surface area contributed by atoms with Crippen molar-refractivity contribution < 1.29 is 9.18 Å². The van der Waals surface area contributed by atoms with E-state index in [1.165, 1.54) is 11.6 Å². The molecule has 0 aliphatic carbocycles. The number of anilines is 1. The minimum atomic E-state index is -0.253. The summed E-state index contributed by atoms with van der Waals surface area (Å²) in [5, 5.41) is 2.00. The van der Waals surface area contributed by atoms with Gasteiger partial charge in [0.25, 0.3) is 0 Å². The number of benzene rings is 2. The zero-order chi connectivity index (χ0) is 20.8. The molecule has 0 bridgehead atoms. The van der Waals surface area contributed by atoms with Crippen LogP contribution >= 0.6 is 11.3 Å². The lowest BCUT2D eigenvalue weighted by molar-refractivity contribution is -0.118. The standard InChI is InChI=1S/C24H22FN3OS/c1-15-3-6-17(7-4-15)21-13-27-20(14-30-24(27)26-21)12-23(29)28-16(2)5-8-18-11-19(25)9-10-22(18)28/h3-4,6-7,9-11,13-14,16H,5,8,12H2,1-2H3. The summed E-state index contributed by atoms with van der Waals surface area (Å²) in [7, 11) is 0. The fourth-order valence-electron chi connectivity index (χ4n) is 4.16. The van der Waals surface area contributed by atoms with Gasteiger partial charge in [0, 0.05) is 34.6 Å². The van der Waals surface area contributed by atoms with Crippen LogP contribution in [0, 0.1) is 12.7 Å². The average Bonchev–Trinajstić information content (AvgIpc) is 3.30. The van der Waals surface area contributed by atoms with Crippen LogP contribution in [0.5, 0.6) is 0 Å². The van der Waals surface area contributed by atoms with E-state index in [2.05, 4.69) is 38.1 Å². The van der Waals surface area contributed by atoms with E-state index < -0.39 is 0 Å². The molecule has 5 rings (SSSR count). The third kappa shape index (κ3) is 3.31. The first-order chi connectivity index (χ1) is 14.5. The molecule has 0 N–H and O–H groups in total. The number of nitrogens with zero attached hydrogens (tertiary/aromatic N) is 3. The number of fused-ring (bicyclic) bond motifs is 2. The lowest BCUT2D eigenvalue weighted by Gasteiger charge is -2.35. The van der Waals surface area contributed by atoms with Crippen LogP contribution in [0.1, 0.15) is 30.2 Å². The molecule has 0 spiro atoms. The normalized spacial score (nSPS) is 16.1. The van der Waals surface area contributed by atoms with Crippen LogP contribution in [0.3, 0.4) is 0 Å². The lowest BCUT2D eigenvalue weighted by Crippen LogP contribution is -2.43. The highest BCUT2D eigenvalue weighted by Gasteiger charge is 2.29. The summed E-state index contributed by atoms with van der Waals surface area (Å²) in [5.41, 5.74) is 5.84. The van der Waals surface area contributed by atoms with Gasteiger partial charge in [0.2, 0.25) is 5.91 Å². The molecule has 1 atom stereocenters. The predicted molar refractivity (Wildman–Crippen MR) is 119 cm³/mol. The van der Waals surface area contributed by atoms with Crippen LogP contribution in [-0.2, 0) is 17.6 Å². The largest absolute Gasteiger partial charge is 0.309 e. The van der Waals surface area contributed by atoms with Crippen molar-refractivity contribution in [1.29, 1.82) is 0 Å². The molecule has 0 radical (unpaired) electrons. The Morgan fingerprint density at radius 1 is 1.23 bits per heavy atom. The summed E-state index contributed by atoms with van der Waals surface area (Å²) in [4.78, 5) is 20.7. The third-order valence-electron chi connectivity index (χ3n) is 5.81. The number of imidazole rings is 1. The molecular weight excluding hydrogens is 397 g/mol. The maximum Gasteiger partial charge on any atom is 0.233 e. The molecule has 4 nitrogen and oxygen atoms in total. The zero-order valence-corrected chi connectivity index (χ0v) is 17.7. The molecule has 1 aliphatic heterocycles. The first-order valence-corrected chi connectivity index (χ1v) is 11.0. The van der Waals surface area contributed by atoms with E-state index in [-0.39, 0.29) is 24.2 Å². The number of carbonyl (C=O) groups excluding carboxylic acids is 1. The van der Waals surface area contributed by atoms with Crippen molar-refractivity contribution in [2.24, 2.45) is 0 Å². The first-order valence-electron chi connectivity index (χ1n) is 10.1. The minimum absolute atomic E-state index is 0.0281. The van der Waals surface area contributed by atoms with E-state index in [0.717, 1.165) is 46.0 Å². The van der Waals surface area contributed by atoms with Crippen LogP contribution in [0.2, 0.25) is 0 Å². The van der Waals surface area contributed by atoms with E-state index in [0.29, 0.717) is 0 Å². The quantitative estimate of drug-likeness (QED) is 0.445. The summed E-state index contributed by atoms with van der Waals surface area (Å²) in [5.74, 6) is -0.224. The number of amides is 1. The Kier molecular flexibility index (Phi) is 4.66. The Morgan fingerprint density at radius 3 is 2.83 bits per heavy atom. The van der Waals surface area contributed by atoms with Crippen LogP contribution < -0.4 is 4.90 Å². The van der Waals surface area contributed by atoms with Gasteiger partial charge in [-0.1, -0.05) is 29.8 Å². The molecule has 0 saturated carbocycles. The molecule has 1 aliphatic rings. The van der Waals surface area contributed by atoms with Gasteiger partial charge in [-0.25, -0.2) is 9.37 Å². The van der Waals surface area contributed by atoms with Gasteiger partial charge in [0.1, 0.15) is 5.82 Å². The van der Waals surface area contributed by atoms with Gasteiger partial charge in [0.05, 0.1) is 12.1 Å². The zero-order valence-electron chi connectivity index (χ0n) is 16.9. The fourth-order valence-corrected chi connectivity index (χ4v) is 5.03. The highest BCUT2D eigenvalue weighted by atomic mass is 32.1. The van der Waals surface area contributed by atoms with Gasteiger partial charge in [-0.05, 0) is 50.5 Å². The molecule has 1 unspecified atom stereocenters. The van der Waals surface area contributed by atoms with Crippen molar-refractivity contribution in [3.8, 4) is 11.3 Å². The van der Waals surface area contributed by atoms with Crippen LogP contribution in [-0.4, -0.2) is 21.3 Å². The smallest absolute Gasteiger partial charge is 0.233 e. The van der Waals surface area contributed by atoms with Gasteiger partial charge in [-0.2, -0.15) is 0 Å². The Morgan fingerprint density at radius 2 is 2.03 bits per heavy atom. The van der Waals surface area contributed by atoms with Crippen LogP contribution in [0.25, 0.3) is 16.2 Å². The summed E-state index contributed by atoms with van der Waals surface area (Å²) >= 11 is 1.54. The van der Waals surface area contributed by atoms with Gasteiger partial charge in [-0.15, -0.1) is 11.3 Å². The van der Waals surface area contributed by atoms with Gasteiger partial charge >= 0.3 is 0 Å². The average molecular weight is 420 g/mol. The second-order valence-corrected chi connectivity index (χ2v) is 8.81. The second-order valence-electron chi connectivity index (χ2n) is 7.97. The second kappa shape index (κ2) is 7.36. The van der Waals surface area contributed by atoms with Crippen molar-refractivity contribution in [2.45, 2.75) is 39.2 Å². The Labute approximate surface area is 178 Å². The Balaban J connectivity index is 1.44. The molecule has 152 valence electrons. The number of rotatable bonds is 3.